The number of hydrogen-bond acceptors (Lipinski definition) is 3. The first-order chi connectivity index (χ1) is 10.1. The highest BCUT2D eigenvalue weighted by molar-refractivity contribution is 9.10. The summed E-state index contributed by atoms with van der Waals surface area (Å²) in [6.07, 6.45) is 1.76. The zero-order valence-electron chi connectivity index (χ0n) is 11.9. The van der Waals surface area contributed by atoms with Gasteiger partial charge in [-0.2, -0.15) is 0 Å². The van der Waals surface area contributed by atoms with Crippen LogP contribution in [0, 0.1) is 0 Å². The zero-order valence-corrected chi connectivity index (χ0v) is 14.3. The minimum atomic E-state index is -0.559. The zero-order chi connectivity index (χ0) is 15.2. The molecule has 1 atom stereocenters. The van der Waals surface area contributed by atoms with E-state index >= 15 is 0 Å². The molecule has 0 spiro atoms. The summed E-state index contributed by atoms with van der Waals surface area (Å²) in [6.45, 7) is 4.54. The molecular formula is C16H19BrClNO2. The Morgan fingerprint density at radius 1 is 1.38 bits per heavy atom. The van der Waals surface area contributed by atoms with Crippen molar-refractivity contribution >= 4 is 27.5 Å². The fourth-order valence-corrected chi connectivity index (χ4v) is 3.00. The molecule has 0 fully saturated rings. The SMILES string of the molecule is CCN(CCC(O)c1ccc(Br)cc1Cl)Cc1ccco1. The number of halogens is 2. The number of nitrogens with zero attached hydrogens (tertiary/aromatic N) is 1. The molecule has 2 rings (SSSR count). The predicted octanol–water partition coefficient (Wildman–Crippen LogP) is 4.64. The molecule has 0 amide bonds. The Morgan fingerprint density at radius 2 is 2.19 bits per heavy atom. The highest BCUT2D eigenvalue weighted by atomic mass is 79.9. The Balaban J connectivity index is 1.91. The molecule has 0 aliphatic heterocycles. The van der Waals surface area contributed by atoms with Gasteiger partial charge in [0.1, 0.15) is 5.76 Å². The van der Waals surface area contributed by atoms with Crippen molar-refractivity contribution in [2.45, 2.75) is 26.0 Å². The van der Waals surface area contributed by atoms with E-state index < -0.39 is 6.10 Å². The number of aliphatic hydroxyl groups excluding tert-OH is 1. The molecular weight excluding hydrogens is 354 g/mol. The fourth-order valence-electron chi connectivity index (χ4n) is 2.20. The topological polar surface area (TPSA) is 36.6 Å². The van der Waals surface area contributed by atoms with E-state index in [0.29, 0.717) is 11.4 Å². The maximum absolute atomic E-state index is 10.3. The van der Waals surface area contributed by atoms with Crippen molar-refractivity contribution in [3.63, 3.8) is 0 Å². The van der Waals surface area contributed by atoms with Gasteiger partial charge in [-0.15, -0.1) is 0 Å². The van der Waals surface area contributed by atoms with E-state index in [1.807, 2.05) is 24.3 Å². The second-order valence-corrected chi connectivity index (χ2v) is 6.24. The van der Waals surface area contributed by atoms with Crippen molar-refractivity contribution < 1.29 is 9.52 Å². The van der Waals surface area contributed by atoms with Crippen molar-refractivity contribution in [2.24, 2.45) is 0 Å². The minimum Gasteiger partial charge on any atom is -0.468 e. The summed E-state index contributed by atoms with van der Waals surface area (Å²) in [7, 11) is 0. The number of furan rings is 1. The van der Waals surface area contributed by atoms with Crippen molar-refractivity contribution in [3.8, 4) is 0 Å². The van der Waals surface area contributed by atoms with Gasteiger partial charge in [-0.25, -0.2) is 0 Å². The van der Waals surface area contributed by atoms with Gasteiger partial charge in [0.2, 0.25) is 0 Å². The molecule has 0 saturated carbocycles. The monoisotopic (exact) mass is 371 g/mol. The third-order valence-electron chi connectivity index (χ3n) is 3.45. The van der Waals surface area contributed by atoms with Crippen LogP contribution < -0.4 is 0 Å². The quantitative estimate of drug-likeness (QED) is 0.769. The van der Waals surface area contributed by atoms with Gasteiger partial charge in [-0.3, -0.25) is 4.90 Å². The van der Waals surface area contributed by atoms with Crippen molar-refractivity contribution in [2.75, 3.05) is 13.1 Å². The van der Waals surface area contributed by atoms with Crippen molar-refractivity contribution in [1.82, 2.24) is 4.90 Å². The summed E-state index contributed by atoms with van der Waals surface area (Å²) in [4.78, 5) is 2.23. The van der Waals surface area contributed by atoms with E-state index in [1.54, 1.807) is 12.3 Å². The van der Waals surface area contributed by atoms with Crippen LogP contribution in [0.25, 0.3) is 0 Å². The van der Waals surface area contributed by atoms with E-state index in [2.05, 4.69) is 27.8 Å². The Labute approximate surface area is 138 Å². The molecule has 0 radical (unpaired) electrons. The third-order valence-corrected chi connectivity index (χ3v) is 4.27. The molecule has 1 heterocycles. The first kappa shape index (κ1) is 16.6. The lowest BCUT2D eigenvalue weighted by molar-refractivity contribution is 0.139. The molecule has 114 valence electrons. The molecule has 21 heavy (non-hydrogen) atoms. The van der Waals surface area contributed by atoms with Crippen LogP contribution in [0.2, 0.25) is 5.02 Å². The molecule has 0 bridgehead atoms. The second kappa shape index (κ2) is 7.99. The van der Waals surface area contributed by atoms with Crippen molar-refractivity contribution in [3.05, 3.63) is 57.4 Å². The van der Waals surface area contributed by atoms with Crippen LogP contribution in [-0.2, 0) is 6.54 Å². The van der Waals surface area contributed by atoms with Gasteiger partial charge in [-0.1, -0.05) is 40.5 Å². The Morgan fingerprint density at radius 3 is 2.81 bits per heavy atom. The first-order valence-corrected chi connectivity index (χ1v) is 8.15. The molecule has 5 heteroatoms. The molecule has 0 aliphatic carbocycles. The lowest BCUT2D eigenvalue weighted by atomic mass is 10.1. The van der Waals surface area contributed by atoms with E-state index in [9.17, 15) is 5.11 Å². The van der Waals surface area contributed by atoms with Crippen LogP contribution in [0.15, 0.2) is 45.5 Å². The number of aliphatic hydroxyl groups is 1. The Hall–Kier alpha value is -0.810. The van der Waals surface area contributed by atoms with Crippen LogP contribution in [-0.4, -0.2) is 23.1 Å². The van der Waals surface area contributed by atoms with Gasteiger partial charge < -0.3 is 9.52 Å². The maximum atomic E-state index is 10.3. The van der Waals surface area contributed by atoms with Crippen LogP contribution in [0.1, 0.15) is 30.8 Å². The highest BCUT2D eigenvalue weighted by Crippen LogP contribution is 2.28. The largest absolute Gasteiger partial charge is 0.468 e. The van der Waals surface area contributed by atoms with E-state index in [4.69, 9.17) is 16.0 Å². The summed E-state index contributed by atoms with van der Waals surface area (Å²) < 4.78 is 6.27. The first-order valence-electron chi connectivity index (χ1n) is 6.98. The van der Waals surface area contributed by atoms with Crippen LogP contribution in [0.3, 0.4) is 0 Å². The molecule has 0 saturated heterocycles. The van der Waals surface area contributed by atoms with Gasteiger partial charge in [0.25, 0.3) is 0 Å². The minimum absolute atomic E-state index is 0.559. The fraction of sp³-hybridized carbons (Fsp3) is 0.375. The third kappa shape index (κ3) is 4.85. The molecule has 1 aromatic heterocycles. The molecule has 3 nitrogen and oxygen atoms in total. The molecule has 2 aromatic rings. The average molecular weight is 373 g/mol. The number of benzene rings is 1. The lowest BCUT2D eigenvalue weighted by Gasteiger charge is -2.21. The summed E-state index contributed by atoms with van der Waals surface area (Å²) in [5.74, 6) is 0.938. The van der Waals surface area contributed by atoms with Gasteiger partial charge in [0.05, 0.1) is 18.9 Å². The average Bonchev–Trinajstić information content (AvgIpc) is 2.96. The standard InChI is InChI=1S/C16H19BrClNO2/c1-2-19(11-13-4-3-9-21-13)8-7-16(20)14-6-5-12(17)10-15(14)18/h3-6,9-10,16,20H,2,7-8,11H2,1H3. The predicted molar refractivity (Wildman–Crippen MR) is 88.4 cm³/mol. The van der Waals surface area contributed by atoms with Crippen LogP contribution in [0.5, 0.6) is 0 Å². The van der Waals surface area contributed by atoms with Gasteiger partial charge in [-0.05, 0) is 42.8 Å². The van der Waals surface area contributed by atoms with E-state index in [1.165, 1.54) is 0 Å². The normalized spacial score (nSPS) is 12.8. The van der Waals surface area contributed by atoms with Gasteiger partial charge in [0, 0.05) is 16.0 Å². The summed E-state index contributed by atoms with van der Waals surface area (Å²) in [6, 6.07) is 9.41. The molecule has 1 N–H and O–H groups in total. The molecule has 1 unspecified atom stereocenters. The van der Waals surface area contributed by atoms with Gasteiger partial charge >= 0.3 is 0 Å². The highest BCUT2D eigenvalue weighted by Gasteiger charge is 2.14. The summed E-state index contributed by atoms with van der Waals surface area (Å²) in [5.41, 5.74) is 0.772. The van der Waals surface area contributed by atoms with Crippen LogP contribution >= 0.6 is 27.5 Å². The molecule has 0 aliphatic rings. The Bertz CT molecular complexity index is 559. The van der Waals surface area contributed by atoms with E-state index in [0.717, 1.165) is 35.4 Å². The molecule has 1 aromatic carbocycles. The lowest BCUT2D eigenvalue weighted by Crippen LogP contribution is -2.25. The smallest absolute Gasteiger partial charge is 0.117 e. The maximum Gasteiger partial charge on any atom is 0.117 e. The second-order valence-electron chi connectivity index (χ2n) is 4.92. The van der Waals surface area contributed by atoms with Crippen molar-refractivity contribution in [1.29, 1.82) is 0 Å². The van der Waals surface area contributed by atoms with Gasteiger partial charge in [0.15, 0.2) is 0 Å². The van der Waals surface area contributed by atoms with Crippen LogP contribution in [0.4, 0.5) is 0 Å². The Kier molecular flexibility index (Phi) is 6.30. The number of hydrogen-bond donors (Lipinski definition) is 1. The summed E-state index contributed by atoms with van der Waals surface area (Å²) >= 11 is 9.54. The van der Waals surface area contributed by atoms with E-state index in [-0.39, 0.29) is 0 Å². The number of rotatable bonds is 7. The summed E-state index contributed by atoms with van der Waals surface area (Å²) in [5, 5.41) is 10.9.